The van der Waals surface area contributed by atoms with Gasteiger partial charge in [0.15, 0.2) is 0 Å². The van der Waals surface area contributed by atoms with Crippen molar-refractivity contribution in [3.8, 4) is 0 Å². The highest BCUT2D eigenvalue weighted by molar-refractivity contribution is 9.10. The summed E-state index contributed by atoms with van der Waals surface area (Å²) in [7, 11) is 0. The molecule has 0 unspecified atom stereocenters. The van der Waals surface area contributed by atoms with Gasteiger partial charge in [-0.2, -0.15) is 0 Å². The molecule has 4 rings (SSSR count). The van der Waals surface area contributed by atoms with E-state index in [4.69, 9.17) is 4.84 Å². The van der Waals surface area contributed by atoms with Gasteiger partial charge in [0.1, 0.15) is 0 Å². The fraction of sp³-hybridized carbons (Fsp3) is 0. The first-order valence-corrected chi connectivity index (χ1v) is 10.2. The number of nitrogens with one attached hydrogen (secondary N) is 1. The van der Waals surface area contributed by atoms with Crippen LogP contribution in [0.2, 0.25) is 0 Å². The third-order valence-corrected chi connectivity index (χ3v) is 4.99. The first-order chi connectivity index (χ1) is 15.1. The van der Waals surface area contributed by atoms with E-state index in [1.807, 2.05) is 30.3 Å². The summed E-state index contributed by atoms with van der Waals surface area (Å²) in [6, 6.07) is 26.7. The Morgan fingerprint density at radius 3 is 2.19 bits per heavy atom. The van der Waals surface area contributed by atoms with Gasteiger partial charge in [-0.1, -0.05) is 46.3 Å². The summed E-state index contributed by atoms with van der Waals surface area (Å²) in [5, 5.41) is 9.69. The summed E-state index contributed by atoms with van der Waals surface area (Å²) in [5.74, 6) is -0.923. The molecule has 0 saturated carbocycles. The Morgan fingerprint density at radius 2 is 1.45 bits per heavy atom. The number of fused-ring (bicyclic) bond motifs is 1. The Balaban J connectivity index is 1.35. The van der Waals surface area contributed by atoms with Crippen molar-refractivity contribution < 1.29 is 14.4 Å². The molecule has 0 spiro atoms. The molecule has 0 saturated heterocycles. The Morgan fingerprint density at radius 1 is 0.774 bits per heavy atom. The summed E-state index contributed by atoms with van der Waals surface area (Å²) >= 11 is 3.32. The van der Waals surface area contributed by atoms with Gasteiger partial charge in [0.2, 0.25) is 0 Å². The smallest absolute Gasteiger partial charge is 0.338 e. The molecule has 0 aliphatic rings. The second-order valence-electron chi connectivity index (χ2n) is 6.61. The lowest BCUT2D eigenvalue weighted by Crippen LogP contribution is -2.10. The molecule has 1 N–H and O–H groups in total. The van der Waals surface area contributed by atoms with Crippen LogP contribution in [0.15, 0.2) is 106 Å². The van der Waals surface area contributed by atoms with Crippen LogP contribution < -0.4 is 5.48 Å². The predicted octanol–water partition coefficient (Wildman–Crippen LogP) is 6.71. The summed E-state index contributed by atoms with van der Waals surface area (Å²) in [5.41, 5.74) is 4.58. The summed E-state index contributed by atoms with van der Waals surface area (Å²) in [6.07, 6.45) is 0. The van der Waals surface area contributed by atoms with Gasteiger partial charge in [0, 0.05) is 10.0 Å². The summed E-state index contributed by atoms with van der Waals surface area (Å²) < 4.78 is 0.880. The van der Waals surface area contributed by atoms with Crippen molar-refractivity contribution in [3.05, 3.63) is 107 Å². The molecule has 0 atom stereocenters. The monoisotopic (exact) mass is 473 g/mol. The Labute approximate surface area is 186 Å². The zero-order valence-electron chi connectivity index (χ0n) is 16.2. The lowest BCUT2D eigenvalue weighted by atomic mass is 10.1. The summed E-state index contributed by atoms with van der Waals surface area (Å²) in [6.45, 7) is 0. The van der Waals surface area contributed by atoms with E-state index in [9.17, 15) is 9.59 Å². The Bertz CT molecular complexity index is 1270. The normalized spacial score (nSPS) is 10.9. The maximum Gasteiger partial charge on any atom is 0.362 e. The number of hydrogen-bond donors (Lipinski definition) is 1. The van der Waals surface area contributed by atoms with E-state index in [-0.39, 0.29) is 0 Å². The third kappa shape index (κ3) is 5.21. The van der Waals surface area contributed by atoms with Gasteiger partial charge in [-0.15, -0.1) is 10.2 Å². The fourth-order valence-corrected chi connectivity index (χ4v) is 3.09. The molecule has 4 aromatic rings. The van der Waals surface area contributed by atoms with Gasteiger partial charge in [0.05, 0.1) is 16.9 Å². The topological polar surface area (TPSA) is 80.1 Å². The molecule has 31 heavy (non-hydrogen) atoms. The van der Waals surface area contributed by atoms with E-state index in [1.165, 1.54) is 0 Å². The summed E-state index contributed by atoms with van der Waals surface area (Å²) in [4.78, 5) is 29.5. The Kier molecular flexibility index (Phi) is 6.14. The van der Waals surface area contributed by atoms with Crippen molar-refractivity contribution in [2.45, 2.75) is 0 Å². The van der Waals surface area contributed by atoms with Crippen LogP contribution in [-0.2, 0) is 4.84 Å². The SMILES string of the molecule is O=C(N=Nc1ccc(NOC(=O)c2ccc3ccccc3c2)cc1)c1ccc(Br)cc1. The van der Waals surface area contributed by atoms with Crippen LogP contribution in [0.4, 0.5) is 11.4 Å². The average Bonchev–Trinajstić information content (AvgIpc) is 2.81. The predicted molar refractivity (Wildman–Crippen MR) is 122 cm³/mol. The van der Waals surface area contributed by atoms with Crippen molar-refractivity contribution in [2.24, 2.45) is 10.2 Å². The van der Waals surface area contributed by atoms with Crippen LogP contribution in [0.5, 0.6) is 0 Å². The van der Waals surface area contributed by atoms with Crippen molar-refractivity contribution in [1.82, 2.24) is 0 Å². The van der Waals surface area contributed by atoms with Crippen LogP contribution in [0, 0.1) is 0 Å². The molecule has 0 aromatic heterocycles. The molecule has 0 fully saturated rings. The van der Waals surface area contributed by atoms with E-state index >= 15 is 0 Å². The number of azo groups is 1. The molecule has 0 heterocycles. The molecule has 0 bridgehead atoms. The first kappa shape index (κ1) is 20.4. The van der Waals surface area contributed by atoms with E-state index in [0.29, 0.717) is 22.5 Å². The molecular weight excluding hydrogens is 458 g/mol. The number of carbonyl (C=O) groups is 2. The van der Waals surface area contributed by atoms with Crippen molar-refractivity contribution in [1.29, 1.82) is 0 Å². The minimum atomic E-state index is -0.491. The largest absolute Gasteiger partial charge is 0.362 e. The van der Waals surface area contributed by atoms with Gasteiger partial charge >= 0.3 is 5.97 Å². The number of hydrogen-bond acceptors (Lipinski definition) is 5. The number of amides is 1. The maximum atomic E-state index is 12.3. The zero-order valence-corrected chi connectivity index (χ0v) is 17.7. The highest BCUT2D eigenvalue weighted by Crippen LogP contribution is 2.19. The van der Waals surface area contributed by atoms with Crippen molar-refractivity contribution >= 4 is 50.0 Å². The number of carbonyl (C=O) groups excluding carboxylic acids is 2. The molecule has 4 aromatic carbocycles. The van der Waals surface area contributed by atoms with Gasteiger partial charge < -0.3 is 4.84 Å². The highest BCUT2D eigenvalue weighted by atomic mass is 79.9. The first-order valence-electron chi connectivity index (χ1n) is 9.36. The molecule has 0 aliphatic heterocycles. The van der Waals surface area contributed by atoms with Crippen LogP contribution in [0.3, 0.4) is 0 Å². The molecule has 152 valence electrons. The number of anilines is 1. The molecule has 0 radical (unpaired) electrons. The van der Waals surface area contributed by atoms with E-state index < -0.39 is 11.9 Å². The van der Waals surface area contributed by atoms with Gasteiger partial charge in [-0.25, -0.2) is 10.3 Å². The van der Waals surface area contributed by atoms with Crippen LogP contribution >= 0.6 is 15.9 Å². The maximum absolute atomic E-state index is 12.3. The van der Waals surface area contributed by atoms with E-state index in [2.05, 4.69) is 31.6 Å². The van der Waals surface area contributed by atoms with E-state index in [0.717, 1.165) is 15.2 Å². The zero-order chi connectivity index (χ0) is 21.6. The lowest BCUT2D eigenvalue weighted by Gasteiger charge is -2.07. The highest BCUT2D eigenvalue weighted by Gasteiger charge is 2.09. The molecule has 7 heteroatoms. The number of rotatable bonds is 5. The number of benzene rings is 4. The quantitative estimate of drug-likeness (QED) is 0.258. The average molecular weight is 474 g/mol. The third-order valence-electron chi connectivity index (χ3n) is 4.46. The molecule has 1 amide bonds. The molecule has 6 nitrogen and oxygen atoms in total. The van der Waals surface area contributed by atoms with Crippen LogP contribution in [0.1, 0.15) is 20.7 Å². The second kappa shape index (κ2) is 9.32. The van der Waals surface area contributed by atoms with Crippen molar-refractivity contribution in [3.63, 3.8) is 0 Å². The van der Waals surface area contributed by atoms with Crippen LogP contribution in [0.25, 0.3) is 10.8 Å². The Hall–Kier alpha value is -3.84. The minimum Gasteiger partial charge on any atom is -0.338 e. The van der Waals surface area contributed by atoms with Crippen LogP contribution in [-0.4, -0.2) is 11.9 Å². The van der Waals surface area contributed by atoms with E-state index in [1.54, 1.807) is 60.7 Å². The molecular formula is C24H16BrN3O3. The lowest BCUT2D eigenvalue weighted by molar-refractivity contribution is 0.0596. The van der Waals surface area contributed by atoms with Gasteiger partial charge in [-0.3, -0.25) is 4.79 Å². The number of halogens is 1. The second-order valence-corrected chi connectivity index (χ2v) is 7.53. The molecule has 0 aliphatic carbocycles. The van der Waals surface area contributed by atoms with Gasteiger partial charge in [0.25, 0.3) is 5.91 Å². The van der Waals surface area contributed by atoms with Gasteiger partial charge in [-0.05, 0) is 71.4 Å². The standard InChI is InChI=1S/C24H16BrN3O3/c25-20-9-7-17(8-10-20)23(29)27-26-21-11-13-22(14-12-21)28-31-24(30)19-6-5-16-3-1-2-4-18(16)15-19/h1-15,28H. The number of nitrogens with zero attached hydrogens (tertiary/aromatic N) is 2. The fourth-order valence-electron chi connectivity index (χ4n) is 2.83. The minimum absolute atomic E-state index is 0.431. The van der Waals surface area contributed by atoms with Crippen molar-refractivity contribution in [2.75, 3.05) is 5.48 Å².